The first-order valence-electron chi connectivity index (χ1n) is 4.48. The molecule has 82 valence electrons. The smallest absolute Gasteiger partial charge is 0.358 e. The molecule has 0 fully saturated rings. The summed E-state index contributed by atoms with van der Waals surface area (Å²) in [4.78, 5) is 14.7. The minimum atomic E-state index is -1.09. The fourth-order valence-electron chi connectivity index (χ4n) is 1.06. The molecule has 0 aliphatic heterocycles. The molecule has 2 aromatic rings. The van der Waals surface area contributed by atoms with Gasteiger partial charge in [-0.3, -0.25) is 0 Å². The number of aromatic carboxylic acids is 1. The van der Waals surface area contributed by atoms with Crippen LogP contribution in [-0.4, -0.2) is 21.2 Å². The zero-order valence-electron chi connectivity index (χ0n) is 8.16. The maximum atomic E-state index is 10.5. The number of carboxylic acid groups (broad SMARTS) is 1. The molecule has 0 aliphatic carbocycles. The number of hydrogen-bond donors (Lipinski definition) is 1. The van der Waals surface area contributed by atoms with Crippen LogP contribution in [0.4, 0.5) is 0 Å². The number of nitrogens with zero attached hydrogens (tertiary/aromatic N) is 2. The van der Waals surface area contributed by atoms with Gasteiger partial charge in [0.15, 0.2) is 5.69 Å². The van der Waals surface area contributed by atoms with E-state index < -0.39 is 5.97 Å². The second-order valence-corrected chi connectivity index (χ2v) is 3.94. The van der Waals surface area contributed by atoms with E-state index in [9.17, 15) is 4.79 Å². The van der Waals surface area contributed by atoms with E-state index in [1.54, 1.807) is 6.20 Å². The fraction of sp³-hybridized carbons (Fsp3) is 0.100. The van der Waals surface area contributed by atoms with Crippen LogP contribution in [0.5, 0.6) is 0 Å². The Hall–Kier alpha value is -1.82. The molecular formula is C10H8N2O3S. The monoisotopic (exact) mass is 236 g/mol. The van der Waals surface area contributed by atoms with Crippen molar-refractivity contribution in [2.75, 3.05) is 0 Å². The van der Waals surface area contributed by atoms with Gasteiger partial charge in [0.2, 0.25) is 0 Å². The van der Waals surface area contributed by atoms with Crippen molar-refractivity contribution in [2.45, 2.75) is 10.8 Å². The second-order valence-electron chi connectivity index (χ2n) is 2.94. The first-order valence-corrected chi connectivity index (χ1v) is 5.47. The molecule has 1 N–H and O–H groups in total. The van der Waals surface area contributed by atoms with E-state index in [1.807, 2.05) is 18.2 Å². The molecule has 2 rings (SSSR count). The quantitative estimate of drug-likeness (QED) is 0.819. The van der Waals surface area contributed by atoms with Crippen LogP contribution in [0.15, 0.2) is 40.0 Å². The largest absolute Gasteiger partial charge is 0.476 e. The van der Waals surface area contributed by atoms with Gasteiger partial charge in [0.1, 0.15) is 5.76 Å². The van der Waals surface area contributed by atoms with E-state index in [2.05, 4.69) is 10.1 Å². The highest BCUT2D eigenvalue weighted by atomic mass is 32.2. The molecular weight excluding hydrogens is 228 g/mol. The third-order valence-corrected chi connectivity index (χ3v) is 2.74. The predicted molar refractivity (Wildman–Crippen MR) is 57.3 cm³/mol. The average Bonchev–Trinajstić information content (AvgIpc) is 2.76. The number of thioether (sulfide) groups is 1. The summed E-state index contributed by atoms with van der Waals surface area (Å²) in [6.45, 7) is 0. The van der Waals surface area contributed by atoms with E-state index in [0.717, 1.165) is 5.03 Å². The van der Waals surface area contributed by atoms with E-state index in [4.69, 9.17) is 9.63 Å². The first kappa shape index (κ1) is 10.7. The molecule has 0 saturated heterocycles. The van der Waals surface area contributed by atoms with Crippen molar-refractivity contribution in [1.29, 1.82) is 0 Å². The third-order valence-electron chi connectivity index (χ3n) is 1.78. The van der Waals surface area contributed by atoms with Gasteiger partial charge in [-0.2, -0.15) is 0 Å². The van der Waals surface area contributed by atoms with Gasteiger partial charge in [0.25, 0.3) is 0 Å². The average molecular weight is 236 g/mol. The molecule has 16 heavy (non-hydrogen) atoms. The van der Waals surface area contributed by atoms with Crippen molar-refractivity contribution in [1.82, 2.24) is 10.1 Å². The van der Waals surface area contributed by atoms with Crippen molar-refractivity contribution >= 4 is 17.7 Å². The van der Waals surface area contributed by atoms with Gasteiger partial charge in [-0.05, 0) is 12.1 Å². The summed E-state index contributed by atoms with van der Waals surface area (Å²) in [5.74, 6) is -0.0528. The summed E-state index contributed by atoms with van der Waals surface area (Å²) in [6.07, 6.45) is 1.70. The van der Waals surface area contributed by atoms with Crippen molar-refractivity contribution < 1.29 is 14.4 Å². The van der Waals surface area contributed by atoms with Gasteiger partial charge in [0, 0.05) is 12.3 Å². The Morgan fingerprint density at radius 3 is 3.00 bits per heavy atom. The maximum Gasteiger partial charge on any atom is 0.358 e. The maximum absolute atomic E-state index is 10.5. The Morgan fingerprint density at radius 2 is 2.38 bits per heavy atom. The van der Waals surface area contributed by atoms with Gasteiger partial charge in [-0.25, -0.2) is 9.78 Å². The molecule has 5 nitrogen and oxygen atoms in total. The summed E-state index contributed by atoms with van der Waals surface area (Å²) in [7, 11) is 0. The summed E-state index contributed by atoms with van der Waals surface area (Å²) < 4.78 is 4.87. The SMILES string of the molecule is O=C(O)c1cc(CSc2ccccn2)on1. The van der Waals surface area contributed by atoms with Crippen LogP contribution in [0.2, 0.25) is 0 Å². The summed E-state index contributed by atoms with van der Waals surface area (Å²) >= 11 is 1.46. The van der Waals surface area contributed by atoms with Crippen molar-refractivity contribution in [2.24, 2.45) is 0 Å². The number of rotatable bonds is 4. The lowest BCUT2D eigenvalue weighted by Gasteiger charge is -1.95. The molecule has 0 aromatic carbocycles. The molecule has 0 unspecified atom stereocenters. The number of pyridine rings is 1. The van der Waals surface area contributed by atoms with Crippen molar-refractivity contribution in [3.8, 4) is 0 Å². The molecule has 0 aliphatic rings. The highest BCUT2D eigenvalue weighted by Crippen LogP contribution is 2.20. The van der Waals surface area contributed by atoms with Crippen LogP contribution >= 0.6 is 11.8 Å². The van der Waals surface area contributed by atoms with Gasteiger partial charge in [-0.15, -0.1) is 0 Å². The lowest BCUT2D eigenvalue weighted by atomic mass is 10.4. The Morgan fingerprint density at radius 1 is 1.50 bits per heavy atom. The molecule has 0 saturated carbocycles. The van der Waals surface area contributed by atoms with Crippen molar-refractivity contribution in [3.63, 3.8) is 0 Å². The summed E-state index contributed by atoms with van der Waals surface area (Å²) in [6, 6.07) is 7.01. The molecule has 2 aromatic heterocycles. The molecule has 0 radical (unpaired) electrons. The zero-order valence-corrected chi connectivity index (χ0v) is 8.98. The Bertz CT molecular complexity index is 484. The van der Waals surface area contributed by atoms with Crippen LogP contribution in [0, 0.1) is 0 Å². The van der Waals surface area contributed by atoms with Gasteiger partial charge in [-0.1, -0.05) is 23.0 Å². The molecule has 6 heteroatoms. The van der Waals surface area contributed by atoms with Crippen molar-refractivity contribution in [3.05, 3.63) is 41.9 Å². The predicted octanol–water partition coefficient (Wildman–Crippen LogP) is 2.06. The second kappa shape index (κ2) is 4.80. The Kier molecular flexibility index (Phi) is 3.21. The topological polar surface area (TPSA) is 76.2 Å². The minimum Gasteiger partial charge on any atom is -0.476 e. The Balaban J connectivity index is 1.97. The Labute approximate surface area is 95.5 Å². The summed E-state index contributed by atoms with van der Waals surface area (Å²) in [5, 5.41) is 12.9. The van der Waals surface area contributed by atoms with E-state index in [0.29, 0.717) is 11.5 Å². The summed E-state index contributed by atoms with van der Waals surface area (Å²) in [5.41, 5.74) is -0.0726. The van der Waals surface area contributed by atoms with E-state index >= 15 is 0 Å². The number of aromatic nitrogens is 2. The van der Waals surface area contributed by atoms with Gasteiger partial charge >= 0.3 is 5.97 Å². The number of carbonyl (C=O) groups is 1. The number of hydrogen-bond acceptors (Lipinski definition) is 5. The van der Waals surface area contributed by atoms with E-state index in [-0.39, 0.29) is 5.69 Å². The van der Waals surface area contributed by atoms with E-state index in [1.165, 1.54) is 17.8 Å². The normalized spacial score (nSPS) is 10.2. The highest BCUT2D eigenvalue weighted by molar-refractivity contribution is 7.98. The van der Waals surface area contributed by atoms with Crippen LogP contribution < -0.4 is 0 Å². The standard InChI is InChI=1S/C10H8N2O3S/c13-10(14)8-5-7(15-12-8)6-16-9-3-1-2-4-11-9/h1-5H,6H2,(H,13,14). The molecule has 0 bridgehead atoms. The van der Waals surface area contributed by atoms with Crippen LogP contribution in [-0.2, 0) is 5.75 Å². The number of carboxylic acids is 1. The zero-order chi connectivity index (χ0) is 11.4. The molecule has 0 atom stereocenters. The molecule has 0 amide bonds. The van der Waals surface area contributed by atoms with Crippen LogP contribution in [0.3, 0.4) is 0 Å². The third kappa shape index (κ3) is 2.60. The highest BCUT2D eigenvalue weighted by Gasteiger charge is 2.10. The molecule has 2 heterocycles. The van der Waals surface area contributed by atoms with Crippen LogP contribution in [0.25, 0.3) is 0 Å². The first-order chi connectivity index (χ1) is 7.75. The fourth-order valence-corrected chi connectivity index (χ4v) is 1.80. The van der Waals surface area contributed by atoms with Gasteiger partial charge in [0.05, 0.1) is 10.8 Å². The van der Waals surface area contributed by atoms with Gasteiger partial charge < -0.3 is 9.63 Å². The minimum absolute atomic E-state index is 0.0726. The lowest BCUT2D eigenvalue weighted by Crippen LogP contribution is -1.94. The molecule has 0 spiro atoms. The van der Waals surface area contributed by atoms with Crippen LogP contribution in [0.1, 0.15) is 16.2 Å². The lowest BCUT2D eigenvalue weighted by molar-refractivity contribution is 0.0685.